The normalized spacial score (nSPS) is 16.6. The molecule has 3 nitrogen and oxygen atoms in total. The van der Waals surface area contributed by atoms with E-state index in [9.17, 15) is 0 Å². The summed E-state index contributed by atoms with van der Waals surface area (Å²) in [4.78, 5) is 0. The molecule has 0 radical (unpaired) electrons. The summed E-state index contributed by atoms with van der Waals surface area (Å²) in [5.74, 6) is 0.972. The van der Waals surface area contributed by atoms with Gasteiger partial charge in [-0.05, 0) is 24.3 Å². The number of fused-ring (bicyclic) bond motifs is 1. The van der Waals surface area contributed by atoms with E-state index in [2.05, 4.69) is 41.3 Å². The van der Waals surface area contributed by atoms with Crippen molar-refractivity contribution in [2.24, 2.45) is 7.05 Å². The Kier molecular flexibility index (Phi) is 1.92. The third kappa shape index (κ3) is 1.49. The number of hydrogen-bond donors (Lipinski definition) is 1. The molecule has 0 spiro atoms. The van der Waals surface area contributed by atoms with E-state index in [-0.39, 0.29) is 0 Å². The van der Waals surface area contributed by atoms with Gasteiger partial charge in [0.1, 0.15) is 11.9 Å². The van der Waals surface area contributed by atoms with Crippen molar-refractivity contribution in [1.29, 1.82) is 0 Å². The first kappa shape index (κ1) is 8.80. The van der Waals surface area contributed by atoms with Gasteiger partial charge >= 0.3 is 0 Å². The molecule has 1 N–H and O–H groups in total. The maximum atomic E-state index is 5.80. The van der Waals surface area contributed by atoms with Gasteiger partial charge in [0.2, 0.25) is 0 Å². The van der Waals surface area contributed by atoms with Crippen LogP contribution in [0.1, 0.15) is 0 Å². The zero-order valence-corrected chi connectivity index (χ0v) is 8.73. The van der Waals surface area contributed by atoms with Gasteiger partial charge in [-0.25, -0.2) is 0 Å². The lowest BCUT2D eigenvalue weighted by atomic mass is 10.2. The number of aryl methyl sites for hydroxylation is 1. The van der Waals surface area contributed by atoms with Crippen LogP contribution in [-0.4, -0.2) is 23.8 Å². The van der Waals surface area contributed by atoms with Crippen LogP contribution in [0.15, 0.2) is 30.5 Å². The Balaban J connectivity index is 1.91. The van der Waals surface area contributed by atoms with Crippen molar-refractivity contribution in [1.82, 2.24) is 9.88 Å². The van der Waals surface area contributed by atoms with Crippen molar-refractivity contribution in [3.63, 3.8) is 0 Å². The molecule has 0 atom stereocenters. The largest absolute Gasteiger partial charge is 0.488 e. The minimum Gasteiger partial charge on any atom is -0.488 e. The Labute approximate surface area is 88.6 Å². The lowest BCUT2D eigenvalue weighted by molar-refractivity contribution is 0.142. The summed E-state index contributed by atoms with van der Waals surface area (Å²) in [6, 6.07) is 8.37. The maximum Gasteiger partial charge on any atom is 0.123 e. The molecule has 0 bridgehead atoms. The Morgan fingerprint density at radius 3 is 2.93 bits per heavy atom. The van der Waals surface area contributed by atoms with E-state index in [4.69, 9.17) is 4.74 Å². The summed E-state index contributed by atoms with van der Waals surface area (Å²) >= 11 is 0. The first-order valence-electron chi connectivity index (χ1n) is 5.25. The van der Waals surface area contributed by atoms with Crippen LogP contribution in [0.2, 0.25) is 0 Å². The maximum absolute atomic E-state index is 5.80. The Morgan fingerprint density at radius 2 is 2.20 bits per heavy atom. The van der Waals surface area contributed by atoms with Crippen LogP contribution < -0.4 is 10.1 Å². The van der Waals surface area contributed by atoms with E-state index in [0.717, 1.165) is 18.8 Å². The van der Waals surface area contributed by atoms with Gasteiger partial charge in [-0.3, -0.25) is 0 Å². The van der Waals surface area contributed by atoms with Crippen molar-refractivity contribution < 1.29 is 4.74 Å². The molecule has 0 saturated carbocycles. The van der Waals surface area contributed by atoms with Crippen LogP contribution in [0.3, 0.4) is 0 Å². The van der Waals surface area contributed by atoms with Crippen molar-refractivity contribution in [2.75, 3.05) is 13.1 Å². The highest BCUT2D eigenvalue weighted by Crippen LogP contribution is 2.22. The van der Waals surface area contributed by atoms with Crippen LogP contribution in [-0.2, 0) is 7.05 Å². The van der Waals surface area contributed by atoms with Gasteiger partial charge in [0.15, 0.2) is 0 Å². The van der Waals surface area contributed by atoms with Crippen LogP contribution in [0.5, 0.6) is 5.75 Å². The molecule has 2 heterocycles. The van der Waals surface area contributed by atoms with Gasteiger partial charge in [0, 0.05) is 37.2 Å². The fraction of sp³-hybridized carbons (Fsp3) is 0.333. The quantitative estimate of drug-likeness (QED) is 0.799. The molecule has 0 amide bonds. The molecule has 0 unspecified atom stereocenters. The van der Waals surface area contributed by atoms with Crippen LogP contribution in [0.4, 0.5) is 0 Å². The molecule has 1 saturated heterocycles. The third-order valence-electron chi connectivity index (χ3n) is 2.90. The number of benzene rings is 1. The van der Waals surface area contributed by atoms with Gasteiger partial charge in [0.05, 0.1) is 0 Å². The van der Waals surface area contributed by atoms with E-state index in [1.165, 1.54) is 10.9 Å². The summed E-state index contributed by atoms with van der Waals surface area (Å²) in [6.45, 7) is 1.93. The molecule has 3 rings (SSSR count). The fourth-order valence-corrected chi connectivity index (χ4v) is 1.87. The zero-order chi connectivity index (χ0) is 10.3. The summed E-state index contributed by atoms with van der Waals surface area (Å²) in [6.07, 6.45) is 2.42. The number of ether oxygens (including phenoxy) is 1. The van der Waals surface area contributed by atoms with Gasteiger partial charge in [-0.1, -0.05) is 0 Å². The van der Waals surface area contributed by atoms with E-state index in [1.807, 2.05) is 6.07 Å². The topological polar surface area (TPSA) is 26.2 Å². The number of aromatic nitrogens is 1. The second-order valence-electron chi connectivity index (χ2n) is 4.05. The van der Waals surface area contributed by atoms with Crippen LogP contribution in [0.25, 0.3) is 10.9 Å². The molecule has 3 heteroatoms. The Bertz CT molecular complexity index is 485. The summed E-state index contributed by atoms with van der Waals surface area (Å²) in [5.41, 5.74) is 1.24. The third-order valence-corrected chi connectivity index (χ3v) is 2.90. The molecular formula is C12H14N2O. The average molecular weight is 202 g/mol. The number of nitrogens with zero attached hydrogens (tertiary/aromatic N) is 1. The second kappa shape index (κ2) is 3.28. The monoisotopic (exact) mass is 202 g/mol. The molecule has 78 valence electrons. The smallest absolute Gasteiger partial charge is 0.123 e. The standard InChI is InChI=1S/C12H14N2O/c1-14-5-4-9-6-10(2-3-12(9)14)15-11-7-13-8-11/h2-6,11,13H,7-8H2,1H3. The second-order valence-corrected chi connectivity index (χ2v) is 4.05. The molecule has 1 aromatic carbocycles. The van der Waals surface area contributed by atoms with Gasteiger partial charge in [-0.15, -0.1) is 0 Å². The van der Waals surface area contributed by atoms with E-state index in [0.29, 0.717) is 6.10 Å². The highest BCUT2D eigenvalue weighted by atomic mass is 16.5. The van der Waals surface area contributed by atoms with E-state index in [1.54, 1.807) is 0 Å². The molecule has 1 aliphatic rings. The van der Waals surface area contributed by atoms with Crippen molar-refractivity contribution in [3.8, 4) is 5.75 Å². The van der Waals surface area contributed by atoms with Crippen molar-refractivity contribution >= 4 is 10.9 Å². The van der Waals surface area contributed by atoms with E-state index >= 15 is 0 Å². The van der Waals surface area contributed by atoms with Gasteiger partial charge in [-0.2, -0.15) is 0 Å². The highest BCUT2D eigenvalue weighted by Gasteiger charge is 2.18. The Morgan fingerprint density at radius 1 is 1.33 bits per heavy atom. The number of nitrogens with one attached hydrogen (secondary N) is 1. The van der Waals surface area contributed by atoms with Crippen molar-refractivity contribution in [2.45, 2.75) is 6.10 Å². The SMILES string of the molecule is Cn1ccc2cc(OC3CNC3)ccc21. The molecule has 0 aliphatic carbocycles. The molecule has 1 aliphatic heterocycles. The minimum absolute atomic E-state index is 0.353. The van der Waals surface area contributed by atoms with Crippen LogP contribution in [0, 0.1) is 0 Å². The summed E-state index contributed by atoms with van der Waals surface area (Å²) < 4.78 is 7.91. The van der Waals surface area contributed by atoms with E-state index < -0.39 is 0 Å². The average Bonchev–Trinajstić information content (AvgIpc) is 2.54. The summed E-state index contributed by atoms with van der Waals surface area (Å²) in [7, 11) is 2.05. The molecule has 2 aromatic rings. The van der Waals surface area contributed by atoms with Gasteiger partial charge in [0.25, 0.3) is 0 Å². The number of hydrogen-bond acceptors (Lipinski definition) is 2. The lowest BCUT2D eigenvalue weighted by Gasteiger charge is -2.27. The zero-order valence-electron chi connectivity index (χ0n) is 8.73. The molecule has 1 fully saturated rings. The first-order valence-corrected chi connectivity index (χ1v) is 5.25. The fourth-order valence-electron chi connectivity index (χ4n) is 1.87. The first-order chi connectivity index (χ1) is 7.33. The van der Waals surface area contributed by atoms with Crippen molar-refractivity contribution in [3.05, 3.63) is 30.5 Å². The minimum atomic E-state index is 0.353. The number of rotatable bonds is 2. The molecule has 15 heavy (non-hydrogen) atoms. The highest BCUT2D eigenvalue weighted by molar-refractivity contribution is 5.81. The van der Waals surface area contributed by atoms with Gasteiger partial charge < -0.3 is 14.6 Å². The summed E-state index contributed by atoms with van der Waals surface area (Å²) in [5, 5.41) is 4.43. The van der Waals surface area contributed by atoms with Crippen LogP contribution >= 0.6 is 0 Å². The lowest BCUT2D eigenvalue weighted by Crippen LogP contribution is -2.50. The predicted molar refractivity (Wildman–Crippen MR) is 60.2 cm³/mol. The molecular weight excluding hydrogens is 188 g/mol. The molecule has 1 aromatic heterocycles. The Hall–Kier alpha value is -1.48. The predicted octanol–water partition coefficient (Wildman–Crippen LogP) is 1.53.